The van der Waals surface area contributed by atoms with E-state index in [0.717, 1.165) is 29.8 Å². The highest BCUT2D eigenvalue weighted by Gasteiger charge is 2.25. The summed E-state index contributed by atoms with van der Waals surface area (Å²) in [5.41, 5.74) is 8.47. The van der Waals surface area contributed by atoms with Crippen molar-refractivity contribution in [1.29, 1.82) is 0 Å². The Morgan fingerprint density at radius 3 is 2.96 bits per heavy atom. The van der Waals surface area contributed by atoms with Crippen LogP contribution >= 0.6 is 0 Å². The van der Waals surface area contributed by atoms with Gasteiger partial charge >= 0.3 is 5.97 Å². The van der Waals surface area contributed by atoms with Gasteiger partial charge in [0.1, 0.15) is 11.6 Å². The molecule has 1 fully saturated rings. The summed E-state index contributed by atoms with van der Waals surface area (Å²) >= 11 is 0. The molecule has 1 aliphatic rings. The molecule has 0 saturated heterocycles. The molecule has 122 valence electrons. The predicted octanol–water partition coefficient (Wildman–Crippen LogP) is 2.53. The lowest BCUT2D eigenvalue weighted by Gasteiger charge is -2.08. The van der Waals surface area contributed by atoms with Gasteiger partial charge in [0.05, 0.1) is 35.6 Å². The quantitative estimate of drug-likeness (QED) is 0.715. The average Bonchev–Trinajstić information content (AvgIpc) is 3.30. The maximum absolute atomic E-state index is 12.0. The summed E-state index contributed by atoms with van der Waals surface area (Å²) in [6, 6.07) is 3.68. The molecule has 0 atom stereocenters. The van der Waals surface area contributed by atoms with Crippen molar-refractivity contribution in [2.45, 2.75) is 18.9 Å². The number of carbonyl (C=O) groups excluding carboxylic acids is 1. The first-order chi connectivity index (χ1) is 11.7. The second-order valence-electron chi connectivity index (χ2n) is 5.71. The number of esters is 1. The molecule has 0 bridgehead atoms. The largest absolute Gasteiger partial charge is 0.490 e. The van der Waals surface area contributed by atoms with Gasteiger partial charge in [-0.3, -0.25) is 4.98 Å². The third kappa shape index (κ3) is 2.44. The molecule has 3 heterocycles. The Balaban J connectivity index is 1.86. The number of methoxy groups -OCH3 is 1. The number of rotatable bonds is 4. The van der Waals surface area contributed by atoms with E-state index in [1.807, 2.05) is 12.1 Å². The minimum Gasteiger partial charge on any atom is -0.490 e. The smallest absolute Gasteiger partial charge is 0.340 e. The molecule has 0 unspecified atom stereocenters. The van der Waals surface area contributed by atoms with E-state index in [-0.39, 0.29) is 6.10 Å². The monoisotopic (exact) mass is 324 g/mol. The SMILES string of the molecule is COC(=O)c1cnc(N)c2[nH]c(-c3cnccc3OC3CC3)cc12. The van der Waals surface area contributed by atoms with E-state index in [1.165, 1.54) is 13.3 Å². The molecule has 1 saturated carbocycles. The van der Waals surface area contributed by atoms with E-state index in [0.29, 0.717) is 22.3 Å². The number of ether oxygens (including phenoxy) is 2. The maximum atomic E-state index is 12.0. The molecular weight excluding hydrogens is 308 g/mol. The van der Waals surface area contributed by atoms with Gasteiger partial charge in [0.2, 0.25) is 0 Å². The number of carbonyl (C=O) groups is 1. The number of nitrogens with zero attached hydrogens (tertiary/aromatic N) is 2. The lowest BCUT2D eigenvalue weighted by Crippen LogP contribution is -2.03. The van der Waals surface area contributed by atoms with Crippen LogP contribution in [0, 0.1) is 0 Å². The summed E-state index contributed by atoms with van der Waals surface area (Å²) in [7, 11) is 1.33. The minimum atomic E-state index is -0.460. The van der Waals surface area contributed by atoms with E-state index >= 15 is 0 Å². The molecule has 0 amide bonds. The van der Waals surface area contributed by atoms with Gasteiger partial charge in [-0.1, -0.05) is 0 Å². The van der Waals surface area contributed by atoms with Gasteiger partial charge in [0.25, 0.3) is 0 Å². The molecule has 3 aromatic rings. The molecule has 3 aromatic heterocycles. The van der Waals surface area contributed by atoms with Crippen molar-refractivity contribution >= 4 is 22.7 Å². The average molecular weight is 324 g/mol. The number of nitrogen functional groups attached to an aromatic ring is 1. The highest BCUT2D eigenvalue weighted by molar-refractivity contribution is 6.07. The topological polar surface area (TPSA) is 103 Å². The Morgan fingerprint density at radius 1 is 1.38 bits per heavy atom. The molecule has 0 aromatic carbocycles. The fourth-order valence-corrected chi connectivity index (χ4v) is 2.61. The zero-order valence-corrected chi connectivity index (χ0v) is 13.1. The van der Waals surface area contributed by atoms with Crippen LogP contribution in [0.3, 0.4) is 0 Å². The van der Waals surface area contributed by atoms with Crippen molar-refractivity contribution in [3.05, 3.63) is 36.3 Å². The van der Waals surface area contributed by atoms with Gasteiger partial charge in [-0.2, -0.15) is 0 Å². The Morgan fingerprint density at radius 2 is 2.21 bits per heavy atom. The lowest BCUT2D eigenvalue weighted by molar-refractivity contribution is 0.0602. The van der Waals surface area contributed by atoms with Crippen LogP contribution < -0.4 is 10.5 Å². The number of hydrogen-bond donors (Lipinski definition) is 2. The second-order valence-corrected chi connectivity index (χ2v) is 5.71. The zero-order chi connectivity index (χ0) is 16.7. The minimum absolute atomic E-state index is 0.271. The summed E-state index contributed by atoms with van der Waals surface area (Å²) < 4.78 is 10.8. The maximum Gasteiger partial charge on any atom is 0.340 e. The van der Waals surface area contributed by atoms with Gasteiger partial charge in [-0.15, -0.1) is 0 Å². The van der Waals surface area contributed by atoms with Crippen LogP contribution in [0.4, 0.5) is 5.82 Å². The molecule has 0 radical (unpaired) electrons. The standard InChI is InChI=1S/C17H16N4O3/c1-23-17(22)11-8-20-16(18)15-10(11)6-13(21-15)12-7-19-5-4-14(12)24-9-2-3-9/h4-9,21H,2-3H2,1H3,(H2,18,20). The molecule has 7 heteroatoms. The van der Waals surface area contributed by atoms with Gasteiger partial charge < -0.3 is 20.2 Å². The van der Waals surface area contributed by atoms with Crippen LogP contribution in [0.15, 0.2) is 30.7 Å². The van der Waals surface area contributed by atoms with Crippen molar-refractivity contribution in [1.82, 2.24) is 15.0 Å². The van der Waals surface area contributed by atoms with Crippen molar-refractivity contribution in [2.75, 3.05) is 12.8 Å². The van der Waals surface area contributed by atoms with Crippen LogP contribution in [0.5, 0.6) is 5.75 Å². The third-order valence-electron chi connectivity index (χ3n) is 3.99. The number of hydrogen-bond acceptors (Lipinski definition) is 6. The number of anilines is 1. The van der Waals surface area contributed by atoms with Gasteiger partial charge in [0, 0.05) is 24.0 Å². The second kappa shape index (κ2) is 5.52. The number of aromatic amines is 1. The molecule has 0 spiro atoms. The number of nitrogens with two attached hydrogens (primary N) is 1. The normalized spacial score (nSPS) is 13.9. The number of fused-ring (bicyclic) bond motifs is 1. The molecule has 4 rings (SSSR count). The van der Waals surface area contributed by atoms with Crippen molar-refractivity contribution in [3.8, 4) is 17.0 Å². The molecule has 0 aliphatic heterocycles. The first-order valence-electron chi connectivity index (χ1n) is 7.64. The van der Waals surface area contributed by atoms with E-state index in [4.69, 9.17) is 15.2 Å². The summed E-state index contributed by atoms with van der Waals surface area (Å²) in [6.07, 6.45) is 7.25. The summed E-state index contributed by atoms with van der Waals surface area (Å²) in [6.45, 7) is 0. The summed E-state index contributed by atoms with van der Waals surface area (Å²) in [5.74, 6) is 0.612. The van der Waals surface area contributed by atoms with Crippen molar-refractivity contribution in [3.63, 3.8) is 0 Å². The Labute approximate surface area is 137 Å². The zero-order valence-electron chi connectivity index (χ0n) is 13.1. The molecule has 24 heavy (non-hydrogen) atoms. The van der Waals surface area contributed by atoms with Gasteiger partial charge in [-0.25, -0.2) is 9.78 Å². The van der Waals surface area contributed by atoms with Crippen LogP contribution in [0.2, 0.25) is 0 Å². The lowest BCUT2D eigenvalue weighted by atomic mass is 10.1. The van der Waals surface area contributed by atoms with Crippen LogP contribution in [-0.2, 0) is 4.74 Å². The van der Waals surface area contributed by atoms with E-state index in [2.05, 4.69) is 15.0 Å². The fourth-order valence-electron chi connectivity index (χ4n) is 2.61. The fraction of sp³-hybridized carbons (Fsp3) is 0.235. The summed E-state index contributed by atoms with van der Waals surface area (Å²) in [4.78, 5) is 23.4. The first-order valence-corrected chi connectivity index (χ1v) is 7.64. The van der Waals surface area contributed by atoms with Crippen LogP contribution in [-0.4, -0.2) is 34.1 Å². The predicted molar refractivity (Wildman–Crippen MR) is 88.7 cm³/mol. The first kappa shape index (κ1) is 14.5. The number of aromatic nitrogens is 3. The van der Waals surface area contributed by atoms with E-state index in [1.54, 1.807) is 12.4 Å². The highest BCUT2D eigenvalue weighted by atomic mass is 16.5. The molecular formula is C17H16N4O3. The van der Waals surface area contributed by atoms with E-state index < -0.39 is 5.97 Å². The molecule has 1 aliphatic carbocycles. The Hall–Kier alpha value is -3.09. The number of pyridine rings is 2. The van der Waals surface area contributed by atoms with Gasteiger partial charge in [0.15, 0.2) is 0 Å². The third-order valence-corrected chi connectivity index (χ3v) is 3.99. The van der Waals surface area contributed by atoms with Crippen molar-refractivity contribution < 1.29 is 14.3 Å². The number of H-pyrrole nitrogens is 1. The number of nitrogens with one attached hydrogen (secondary N) is 1. The highest BCUT2D eigenvalue weighted by Crippen LogP contribution is 2.36. The Bertz CT molecular complexity index is 931. The Kier molecular flexibility index (Phi) is 3.34. The summed E-state index contributed by atoms with van der Waals surface area (Å²) in [5, 5.41) is 0.658. The van der Waals surface area contributed by atoms with Crippen LogP contribution in [0.25, 0.3) is 22.2 Å². The van der Waals surface area contributed by atoms with Crippen molar-refractivity contribution in [2.24, 2.45) is 0 Å². The van der Waals surface area contributed by atoms with E-state index in [9.17, 15) is 4.79 Å². The molecule has 3 N–H and O–H groups in total. The van der Waals surface area contributed by atoms with Gasteiger partial charge in [-0.05, 0) is 25.0 Å². The molecule has 7 nitrogen and oxygen atoms in total. The van der Waals surface area contributed by atoms with Crippen LogP contribution in [0.1, 0.15) is 23.2 Å².